The molecule has 1 aliphatic carbocycles. The number of benzene rings is 3. The molecule has 0 radical (unpaired) electrons. The summed E-state index contributed by atoms with van der Waals surface area (Å²) < 4.78 is 87.0. The van der Waals surface area contributed by atoms with Crippen molar-refractivity contribution >= 4 is 5.91 Å². The molecule has 0 bridgehead atoms. The lowest BCUT2D eigenvalue weighted by atomic mass is 9.70. The Balaban J connectivity index is 1.84. The summed E-state index contributed by atoms with van der Waals surface area (Å²) in [7, 11) is 0. The maximum Gasteiger partial charge on any atom is 0.573 e. The van der Waals surface area contributed by atoms with Gasteiger partial charge in [-0.1, -0.05) is 73.9 Å². The third-order valence-corrected chi connectivity index (χ3v) is 7.13. The van der Waals surface area contributed by atoms with Gasteiger partial charge in [0, 0.05) is 17.9 Å². The van der Waals surface area contributed by atoms with E-state index in [0.29, 0.717) is 11.1 Å². The van der Waals surface area contributed by atoms with Gasteiger partial charge in [-0.2, -0.15) is 0 Å². The van der Waals surface area contributed by atoms with Gasteiger partial charge >= 0.3 is 12.7 Å². The van der Waals surface area contributed by atoms with Crippen molar-refractivity contribution < 1.29 is 40.6 Å². The molecule has 0 spiro atoms. The smallest absolute Gasteiger partial charge is 0.406 e. The molecule has 0 aliphatic heterocycles. The van der Waals surface area contributed by atoms with E-state index in [4.69, 9.17) is 0 Å². The van der Waals surface area contributed by atoms with Gasteiger partial charge in [0.2, 0.25) is 5.91 Å². The third-order valence-electron chi connectivity index (χ3n) is 7.13. The molecule has 1 aliphatic rings. The Kier molecular flexibility index (Phi) is 8.95. The summed E-state index contributed by atoms with van der Waals surface area (Å²) in [5, 5.41) is 2.98. The van der Waals surface area contributed by atoms with Crippen LogP contribution in [0.5, 0.6) is 11.5 Å². The number of amides is 1. The minimum atomic E-state index is -4.95. The van der Waals surface area contributed by atoms with E-state index in [9.17, 15) is 31.1 Å². The van der Waals surface area contributed by atoms with Crippen LogP contribution in [0.25, 0.3) is 0 Å². The third kappa shape index (κ3) is 7.92. The van der Waals surface area contributed by atoms with Crippen molar-refractivity contribution in [2.75, 3.05) is 6.54 Å². The Bertz CT molecular complexity index is 1210. The quantitative estimate of drug-likeness (QED) is 0.271. The van der Waals surface area contributed by atoms with E-state index in [2.05, 4.69) is 14.8 Å². The minimum absolute atomic E-state index is 0.0812. The van der Waals surface area contributed by atoms with Crippen LogP contribution in [-0.2, 0) is 16.6 Å². The predicted octanol–water partition coefficient (Wildman–Crippen LogP) is 7.71. The molecule has 0 atom stereocenters. The molecule has 1 fully saturated rings. The predicted molar refractivity (Wildman–Crippen MR) is 137 cm³/mol. The molecule has 1 N–H and O–H groups in total. The van der Waals surface area contributed by atoms with E-state index in [1.807, 2.05) is 12.1 Å². The summed E-state index contributed by atoms with van der Waals surface area (Å²) in [6.07, 6.45) is -5.42. The second kappa shape index (κ2) is 12.2. The summed E-state index contributed by atoms with van der Waals surface area (Å²) in [6.45, 7) is -0.0812. The molecule has 3 aromatic carbocycles. The van der Waals surface area contributed by atoms with Crippen LogP contribution in [-0.4, -0.2) is 25.2 Å². The first-order chi connectivity index (χ1) is 18.9. The van der Waals surface area contributed by atoms with Crippen molar-refractivity contribution in [1.82, 2.24) is 5.32 Å². The Labute approximate surface area is 228 Å². The second-order valence-corrected chi connectivity index (χ2v) is 9.95. The van der Waals surface area contributed by atoms with Crippen molar-refractivity contribution in [2.24, 2.45) is 5.92 Å². The summed E-state index contributed by atoms with van der Waals surface area (Å²) in [5.41, 5.74) is 0.137. The molecular weight excluding hydrogens is 536 g/mol. The number of rotatable bonds is 9. The van der Waals surface area contributed by atoms with Crippen LogP contribution in [0.2, 0.25) is 0 Å². The van der Waals surface area contributed by atoms with Crippen molar-refractivity contribution in [3.05, 3.63) is 95.6 Å². The average molecular weight is 566 g/mol. The molecule has 0 saturated heterocycles. The summed E-state index contributed by atoms with van der Waals surface area (Å²) >= 11 is 0. The SMILES string of the molecule is O=C(NCC(Cc1ccccc1)(c1cccc(OC(F)(F)F)c1)c1cccc(OC(F)(F)F)c1)C1CCCCC1. The first-order valence-electron chi connectivity index (χ1n) is 13.0. The molecule has 1 saturated carbocycles. The van der Waals surface area contributed by atoms with Gasteiger partial charge in [-0.25, -0.2) is 0 Å². The number of alkyl halides is 6. The van der Waals surface area contributed by atoms with Gasteiger partial charge in [-0.15, -0.1) is 26.3 Å². The first kappa shape index (κ1) is 29.3. The van der Waals surface area contributed by atoms with E-state index < -0.39 is 29.6 Å². The van der Waals surface area contributed by atoms with Crippen molar-refractivity contribution in [3.8, 4) is 11.5 Å². The maximum absolute atomic E-state index is 13.2. The van der Waals surface area contributed by atoms with Crippen molar-refractivity contribution in [2.45, 2.75) is 56.7 Å². The van der Waals surface area contributed by atoms with Crippen LogP contribution in [0.1, 0.15) is 48.8 Å². The monoisotopic (exact) mass is 565 g/mol. The van der Waals surface area contributed by atoms with Crippen LogP contribution in [0.4, 0.5) is 26.3 Å². The zero-order valence-electron chi connectivity index (χ0n) is 21.5. The van der Waals surface area contributed by atoms with E-state index in [1.54, 1.807) is 30.3 Å². The largest absolute Gasteiger partial charge is 0.573 e. The van der Waals surface area contributed by atoms with E-state index in [0.717, 1.165) is 49.8 Å². The molecule has 40 heavy (non-hydrogen) atoms. The van der Waals surface area contributed by atoms with Crippen LogP contribution in [0, 0.1) is 5.92 Å². The highest BCUT2D eigenvalue weighted by molar-refractivity contribution is 5.79. The highest BCUT2D eigenvalue weighted by Crippen LogP contribution is 2.40. The molecule has 10 heteroatoms. The minimum Gasteiger partial charge on any atom is -0.406 e. The van der Waals surface area contributed by atoms with Crippen molar-refractivity contribution in [3.63, 3.8) is 0 Å². The van der Waals surface area contributed by atoms with E-state index >= 15 is 0 Å². The van der Waals surface area contributed by atoms with Gasteiger partial charge in [0.05, 0.1) is 0 Å². The number of hydrogen-bond donors (Lipinski definition) is 1. The van der Waals surface area contributed by atoms with Crippen molar-refractivity contribution in [1.29, 1.82) is 0 Å². The molecule has 0 heterocycles. The number of hydrogen-bond acceptors (Lipinski definition) is 3. The normalized spacial score (nSPS) is 14.9. The highest BCUT2D eigenvalue weighted by Gasteiger charge is 2.39. The van der Waals surface area contributed by atoms with Gasteiger partial charge in [0.1, 0.15) is 11.5 Å². The Morgan fingerprint density at radius 2 is 1.25 bits per heavy atom. The van der Waals surface area contributed by atoms with Crippen LogP contribution in [0.15, 0.2) is 78.9 Å². The van der Waals surface area contributed by atoms with Gasteiger partial charge in [0.15, 0.2) is 0 Å². The van der Waals surface area contributed by atoms with Gasteiger partial charge < -0.3 is 14.8 Å². The lowest BCUT2D eigenvalue weighted by Gasteiger charge is -2.37. The molecule has 1 amide bonds. The Morgan fingerprint density at radius 3 is 1.75 bits per heavy atom. The first-order valence-corrected chi connectivity index (χ1v) is 13.0. The molecule has 4 rings (SSSR count). The fourth-order valence-corrected chi connectivity index (χ4v) is 5.31. The lowest BCUT2D eigenvalue weighted by molar-refractivity contribution is -0.275. The fourth-order valence-electron chi connectivity index (χ4n) is 5.31. The van der Waals surface area contributed by atoms with Gasteiger partial charge in [-0.3, -0.25) is 4.79 Å². The standard InChI is InChI=1S/C30H29F6NO3/c31-29(32,33)39-25-15-7-13-23(17-25)28(19-21-9-3-1-4-10-21,20-37-27(38)22-11-5-2-6-12-22)24-14-8-16-26(18-24)40-30(34,35)36/h1,3-4,7-10,13-18,22H,2,5-6,11-12,19-20H2,(H,37,38). The zero-order valence-corrected chi connectivity index (χ0v) is 21.5. The second-order valence-electron chi connectivity index (χ2n) is 9.95. The van der Waals surface area contributed by atoms with Crippen LogP contribution in [0.3, 0.4) is 0 Å². The van der Waals surface area contributed by atoms with Crippen LogP contribution >= 0.6 is 0 Å². The van der Waals surface area contributed by atoms with Gasteiger partial charge in [-0.05, 0) is 60.2 Å². The Hall–Kier alpha value is -3.69. The number of nitrogens with one attached hydrogen (secondary N) is 1. The van der Waals surface area contributed by atoms with Gasteiger partial charge in [0.25, 0.3) is 0 Å². The lowest BCUT2D eigenvalue weighted by Crippen LogP contribution is -2.45. The molecule has 214 valence electrons. The number of carbonyl (C=O) groups is 1. The molecule has 3 aromatic rings. The maximum atomic E-state index is 13.2. The average Bonchev–Trinajstić information content (AvgIpc) is 2.90. The summed E-state index contributed by atoms with van der Waals surface area (Å²) in [5.74, 6) is -1.36. The number of carbonyl (C=O) groups excluding carboxylic acids is 1. The molecular formula is C30H29F6NO3. The fraction of sp³-hybridized carbons (Fsp3) is 0.367. The number of halogens is 6. The van der Waals surface area contributed by atoms with Crippen LogP contribution < -0.4 is 14.8 Å². The molecule has 0 unspecified atom stereocenters. The summed E-state index contributed by atoms with van der Waals surface area (Å²) in [6, 6.07) is 19.6. The number of ether oxygens (including phenoxy) is 2. The molecule has 4 nitrogen and oxygen atoms in total. The molecule has 0 aromatic heterocycles. The zero-order chi connectivity index (χ0) is 28.8. The highest BCUT2D eigenvalue weighted by atomic mass is 19.4. The summed E-state index contributed by atoms with van der Waals surface area (Å²) in [4.78, 5) is 13.2. The van der Waals surface area contributed by atoms with E-state index in [1.165, 1.54) is 24.3 Å². The Morgan fingerprint density at radius 1 is 0.725 bits per heavy atom. The topological polar surface area (TPSA) is 47.6 Å². The van der Waals surface area contributed by atoms with E-state index in [-0.39, 0.29) is 24.8 Å².